The third-order valence-electron chi connectivity index (χ3n) is 6.28. The van der Waals surface area contributed by atoms with Crippen molar-refractivity contribution in [1.29, 1.82) is 0 Å². The summed E-state index contributed by atoms with van der Waals surface area (Å²) in [4.78, 5) is 47.2. The molecule has 2 aromatic heterocycles. The number of hydrogen-bond acceptors (Lipinski definition) is 8. The number of rotatable bonds is 5. The molecule has 1 saturated heterocycles. The van der Waals surface area contributed by atoms with Crippen LogP contribution in [0.3, 0.4) is 0 Å². The summed E-state index contributed by atoms with van der Waals surface area (Å²) in [6.45, 7) is 2.05. The van der Waals surface area contributed by atoms with Gasteiger partial charge >= 0.3 is 0 Å². The molecule has 0 bridgehead atoms. The first kappa shape index (κ1) is 21.9. The van der Waals surface area contributed by atoms with Crippen molar-refractivity contribution in [2.45, 2.75) is 24.4 Å². The van der Waals surface area contributed by atoms with Crippen LogP contribution in [0.2, 0.25) is 0 Å². The number of piperazine rings is 1. The van der Waals surface area contributed by atoms with E-state index in [-0.39, 0.29) is 27.8 Å². The monoisotopic (exact) mass is 485 g/mol. The molecule has 33 heavy (non-hydrogen) atoms. The Morgan fingerprint density at radius 1 is 1.21 bits per heavy atom. The smallest absolute Gasteiger partial charge is 0.292 e. The van der Waals surface area contributed by atoms with Crippen molar-refractivity contribution >= 4 is 50.6 Å². The number of amides is 1. The second-order valence-electron chi connectivity index (χ2n) is 8.20. The van der Waals surface area contributed by atoms with Crippen LogP contribution in [-0.2, 0) is 24.7 Å². The maximum Gasteiger partial charge on any atom is 0.292 e. The van der Waals surface area contributed by atoms with Crippen molar-refractivity contribution in [3.8, 4) is 0 Å². The minimum Gasteiger partial charge on any atom is -0.362 e. The van der Waals surface area contributed by atoms with Gasteiger partial charge in [-0.05, 0) is 30.9 Å². The van der Waals surface area contributed by atoms with Gasteiger partial charge in [0, 0.05) is 44.2 Å². The van der Waals surface area contributed by atoms with Crippen molar-refractivity contribution in [1.82, 2.24) is 14.5 Å². The summed E-state index contributed by atoms with van der Waals surface area (Å²) in [5.74, 6) is 0.174. The normalized spacial score (nSPS) is 15.8. The van der Waals surface area contributed by atoms with Crippen LogP contribution in [0.1, 0.15) is 16.9 Å². The quantitative estimate of drug-likeness (QED) is 0.237. The summed E-state index contributed by atoms with van der Waals surface area (Å²) >= 11 is 2.89. The van der Waals surface area contributed by atoms with Gasteiger partial charge in [-0.3, -0.25) is 24.3 Å². The van der Waals surface area contributed by atoms with E-state index < -0.39 is 0 Å². The second kappa shape index (κ2) is 8.79. The van der Waals surface area contributed by atoms with Crippen molar-refractivity contribution < 1.29 is 9.72 Å². The molecule has 1 aliphatic heterocycles. The Balaban J connectivity index is 1.24. The van der Waals surface area contributed by atoms with Crippen LogP contribution in [0.4, 0.5) is 11.4 Å². The van der Waals surface area contributed by atoms with Crippen LogP contribution in [0.15, 0.2) is 34.2 Å². The van der Waals surface area contributed by atoms with Crippen molar-refractivity contribution in [3.05, 3.63) is 55.2 Å². The van der Waals surface area contributed by atoms with Crippen molar-refractivity contribution in [3.63, 3.8) is 0 Å². The highest BCUT2D eigenvalue weighted by atomic mass is 32.2. The van der Waals surface area contributed by atoms with Crippen LogP contribution in [0.25, 0.3) is 10.2 Å². The molecule has 0 radical (unpaired) electrons. The Hall–Kier alpha value is -2.92. The summed E-state index contributed by atoms with van der Waals surface area (Å²) in [6.07, 6.45) is 3.05. The zero-order valence-corrected chi connectivity index (χ0v) is 19.8. The molecule has 5 rings (SSSR count). The summed E-state index contributed by atoms with van der Waals surface area (Å²) in [6, 6.07) is 6.68. The van der Waals surface area contributed by atoms with Gasteiger partial charge in [0.25, 0.3) is 11.2 Å². The summed E-state index contributed by atoms with van der Waals surface area (Å²) in [5, 5.41) is 12.6. The molecule has 172 valence electrons. The molecule has 1 aromatic carbocycles. The van der Waals surface area contributed by atoms with E-state index in [0.29, 0.717) is 37.0 Å². The standard InChI is InChI=1S/C22H23N5O4S2/c1-24-21(29)19-14-5-4-8-17(14)33-20(19)23-22(24)32-13-18(28)26-11-9-25(10-12-26)15-6-2-3-7-16(15)27(30)31/h2-3,6-7H,4-5,8-13H2,1H3. The number of hydrogen-bond donors (Lipinski definition) is 0. The number of thiophene rings is 1. The first-order chi connectivity index (χ1) is 15.9. The zero-order valence-electron chi connectivity index (χ0n) is 18.2. The van der Waals surface area contributed by atoms with Crippen LogP contribution in [0, 0.1) is 10.1 Å². The molecule has 0 atom stereocenters. The number of carbonyl (C=O) groups excluding carboxylic acids is 1. The SMILES string of the molecule is Cn1c(SCC(=O)N2CCN(c3ccccc3[N+](=O)[O-])CC2)nc2sc3c(c2c1=O)CCC3. The van der Waals surface area contributed by atoms with E-state index in [2.05, 4.69) is 0 Å². The van der Waals surface area contributed by atoms with Crippen LogP contribution >= 0.6 is 23.1 Å². The molecule has 1 fully saturated rings. The number of para-hydroxylation sites is 2. The van der Waals surface area contributed by atoms with Gasteiger partial charge in [0.15, 0.2) is 5.16 Å². The molecule has 0 spiro atoms. The average Bonchev–Trinajstić information content (AvgIpc) is 3.41. The second-order valence-corrected chi connectivity index (χ2v) is 10.2. The fourth-order valence-electron chi connectivity index (χ4n) is 4.53. The number of anilines is 1. The van der Waals surface area contributed by atoms with Crippen LogP contribution in [0.5, 0.6) is 0 Å². The molecule has 11 heteroatoms. The van der Waals surface area contributed by atoms with E-state index >= 15 is 0 Å². The van der Waals surface area contributed by atoms with E-state index in [4.69, 9.17) is 4.98 Å². The molecule has 0 N–H and O–H groups in total. The number of nitrogens with zero attached hydrogens (tertiary/aromatic N) is 5. The van der Waals surface area contributed by atoms with Gasteiger partial charge in [-0.2, -0.15) is 0 Å². The molecule has 0 unspecified atom stereocenters. The Morgan fingerprint density at radius 3 is 2.73 bits per heavy atom. The Morgan fingerprint density at radius 2 is 1.97 bits per heavy atom. The summed E-state index contributed by atoms with van der Waals surface area (Å²) in [7, 11) is 1.71. The highest BCUT2D eigenvalue weighted by Gasteiger charge is 2.26. The van der Waals surface area contributed by atoms with Gasteiger partial charge in [0.05, 0.1) is 16.1 Å². The van der Waals surface area contributed by atoms with Gasteiger partial charge in [-0.1, -0.05) is 23.9 Å². The van der Waals surface area contributed by atoms with Crippen molar-refractivity contribution in [2.24, 2.45) is 7.05 Å². The largest absolute Gasteiger partial charge is 0.362 e. The molecule has 3 heterocycles. The first-order valence-corrected chi connectivity index (χ1v) is 12.6. The van der Waals surface area contributed by atoms with Gasteiger partial charge in [-0.25, -0.2) is 4.98 Å². The Bertz CT molecular complexity index is 1310. The predicted molar refractivity (Wildman–Crippen MR) is 129 cm³/mol. The highest BCUT2D eigenvalue weighted by Crippen LogP contribution is 2.35. The molecule has 0 saturated carbocycles. The fourth-order valence-corrected chi connectivity index (χ4v) is 6.71. The number of fused-ring (bicyclic) bond motifs is 3. The average molecular weight is 486 g/mol. The molecule has 9 nitrogen and oxygen atoms in total. The van der Waals surface area contributed by atoms with E-state index in [1.807, 2.05) is 4.90 Å². The Kier molecular flexibility index (Phi) is 5.83. The van der Waals surface area contributed by atoms with E-state index in [0.717, 1.165) is 35.0 Å². The molecular formula is C22H23N5O4S2. The van der Waals surface area contributed by atoms with Gasteiger partial charge in [-0.15, -0.1) is 11.3 Å². The van der Waals surface area contributed by atoms with Crippen LogP contribution in [-0.4, -0.2) is 57.2 Å². The zero-order chi connectivity index (χ0) is 23.1. The maximum atomic E-state index is 12.9. The number of aromatic nitrogens is 2. The van der Waals surface area contributed by atoms with Crippen LogP contribution < -0.4 is 10.5 Å². The number of benzene rings is 1. The first-order valence-electron chi connectivity index (χ1n) is 10.8. The lowest BCUT2D eigenvalue weighted by atomic mass is 10.2. The predicted octanol–water partition coefficient (Wildman–Crippen LogP) is 2.83. The lowest BCUT2D eigenvalue weighted by molar-refractivity contribution is -0.384. The number of nitro groups is 1. The lowest BCUT2D eigenvalue weighted by Crippen LogP contribution is -2.49. The Labute approximate surface area is 198 Å². The van der Waals surface area contributed by atoms with Gasteiger partial charge in [0.1, 0.15) is 10.5 Å². The fraction of sp³-hybridized carbons (Fsp3) is 0.409. The van der Waals surface area contributed by atoms with Gasteiger partial charge < -0.3 is 9.80 Å². The van der Waals surface area contributed by atoms with Gasteiger partial charge in [0.2, 0.25) is 5.91 Å². The molecule has 1 aliphatic carbocycles. The van der Waals surface area contributed by atoms with E-state index in [9.17, 15) is 19.7 Å². The number of aryl methyl sites for hydroxylation is 2. The minimum absolute atomic E-state index is 0.0229. The summed E-state index contributed by atoms with van der Waals surface area (Å²) in [5.41, 5.74) is 1.79. The van der Waals surface area contributed by atoms with E-state index in [1.54, 1.807) is 46.1 Å². The topological polar surface area (TPSA) is 102 Å². The maximum absolute atomic E-state index is 12.9. The molecular weight excluding hydrogens is 462 g/mol. The van der Waals surface area contributed by atoms with E-state index in [1.165, 1.54) is 22.7 Å². The third-order valence-corrected chi connectivity index (χ3v) is 8.48. The molecule has 1 amide bonds. The lowest BCUT2D eigenvalue weighted by Gasteiger charge is -2.35. The molecule has 2 aliphatic rings. The van der Waals surface area contributed by atoms with Crippen molar-refractivity contribution in [2.75, 3.05) is 36.8 Å². The molecule has 3 aromatic rings. The number of nitro benzene ring substituents is 1. The summed E-state index contributed by atoms with van der Waals surface area (Å²) < 4.78 is 1.55. The number of carbonyl (C=O) groups is 1. The minimum atomic E-state index is -0.375. The highest BCUT2D eigenvalue weighted by molar-refractivity contribution is 7.99. The number of thioether (sulfide) groups is 1. The third kappa shape index (κ3) is 3.99.